The number of carbonyl (C=O) groups excluding carboxylic acids is 2. The highest BCUT2D eigenvalue weighted by molar-refractivity contribution is 5.97. The van der Waals surface area contributed by atoms with Crippen LogP contribution in [0.2, 0.25) is 0 Å². The van der Waals surface area contributed by atoms with E-state index in [-0.39, 0.29) is 35.4 Å². The molecule has 32 heavy (non-hydrogen) atoms. The molecule has 1 atom stereocenters. The fourth-order valence-electron chi connectivity index (χ4n) is 2.96. The molecule has 2 aromatic carbocycles. The average Bonchev–Trinajstić information content (AvgIpc) is 3.17. The lowest BCUT2D eigenvalue weighted by molar-refractivity contribution is -0.386. The van der Waals surface area contributed by atoms with E-state index in [1.165, 1.54) is 39.2 Å². The summed E-state index contributed by atoms with van der Waals surface area (Å²) >= 11 is 0. The highest BCUT2D eigenvalue weighted by Gasteiger charge is 2.33. The first kappa shape index (κ1) is 22.5. The van der Waals surface area contributed by atoms with Crippen LogP contribution in [-0.4, -0.2) is 47.7 Å². The van der Waals surface area contributed by atoms with Crippen LogP contribution in [0, 0.1) is 17.0 Å². The molecule has 0 fully saturated rings. The summed E-state index contributed by atoms with van der Waals surface area (Å²) in [6, 6.07) is 9.21. The second kappa shape index (κ2) is 9.33. The van der Waals surface area contributed by atoms with Crippen LogP contribution in [0.3, 0.4) is 0 Å². The summed E-state index contributed by atoms with van der Waals surface area (Å²) in [5.74, 6) is -0.259. The number of amides is 1. The van der Waals surface area contributed by atoms with Crippen molar-refractivity contribution >= 4 is 23.5 Å². The predicted octanol–water partition coefficient (Wildman–Crippen LogP) is 2.78. The number of hydrogen-bond acceptors (Lipinski definition) is 9. The minimum Gasteiger partial charge on any atom is -0.493 e. The lowest BCUT2D eigenvalue weighted by Gasteiger charge is -2.19. The van der Waals surface area contributed by atoms with Crippen molar-refractivity contribution < 1.29 is 33.5 Å². The molecule has 1 aliphatic rings. The van der Waals surface area contributed by atoms with Gasteiger partial charge in [0.25, 0.3) is 0 Å². The fraction of sp³-hybridized carbons (Fsp3) is 0.286. The van der Waals surface area contributed by atoms with Gasteiger partial charge in [0.2, 0.25) is 18.0 Å². The molecular formula is C21H21N3O8. The number of carbonyl (C=O) groups is 2. The van der Waals surface area contributed by atoms with Crippen molar-refractivity contribution in [3.05, 3.63) is 57.6 Å². The van der Waals surface area contributed by atoms with Gasteiger partial charge in [0.15, 0.2) is 17.2 Å². The molecular weight excluding hydrogens is 422 g/mol. The maximum absolute atomic E-state index is 12.1. The molecule has 1 aliphatic heterocycles. The van der Waals surface area contributed by atoms with Gasteiger partial charge in [-0.15, -0.1) is 5.10 Å². The van der Waals surface area contributed by atoms with Gasteiger partial charge in [0.05, 0.1) is 12.0 Å². The molecule has 0 saturated heterocycles. The quantitative estimate of drug-likeness (QED) is 0.276. The number of nitrogens with zero attached hydrogens (tertiary/aromatic N) is 3. The van der Waals surface area contributed by atoms with E-state index in [4.69, 9.17) is 18.9 Å². The van der Waals surface area contributed by atoms with E-state index in [9.17, 15) is 19.7 Å². The fourth-order valence-corrected chi connectivity index (χ4v) is 2.96. The second-order valence-electron chi connectivity index (χ2n) is 6.84. The molecule has 0 unspecified atom stereocenters. The normalized spacial score (nSPS) is 14.9. The van der Waals surface area contributed by atoms with E-state index in [1.807, 2.05) is 0 Å². The Morgan fingerprint density at radius 3 is 2.50 bits per heavy atom. The number of benzene rings is 2. The van der Waals surface area contributed by atoms with Crippen molar-refractivity contribution in [3.63, 3.8) is 0 Å². The van der Waals surface area contributed by atoms with E-state index in [1.54, 1.807) is 25.1 Å². The lowest BCUT2D eigenvalue weighted by atomic mass is 10.2. The van der Waals surface area contributed by atoms with Crippen molar-refractivity contribution in [1.29, 1.82) is 0 Å². The Morgan fingerprint density at radius 2 is 1.88 bits per heavy atom. The summed E-state index contributed by atoms with van der Waals surface area (Å²) in [6.45, 7) is 4.11. The number of hydrogen-bond donors (Lipinski definition) is 0. The van der Waals surface area contributed by atoms with Gasteiger partial charge in [0, 0.05) is 25.5 Å². The highest BCUT2D eigenvalue weighted by Crippen LogP contribution is 2.31. The molecule has 0 aromatic heterocycles. The van der Waals surface area contributed by atoms with Crippen LogP contribution in [-0.2, 0) is 14.3 Å². The molecule has 0 aliphatic carbocycles. The third kappa shape index (κ3) is 4.94. The first-order valence-electron chi connectivity index (χ1n) is 9.49. The minimum atomic E-state index is -0.942. The van der Waals surface area contributed by atoms with Crippen LogP contribution in [0.15, 0.2) is 41.5 Å². The molecule has 0 radical (unpaired) electrons. The van der Waals surface area contributed by atoms with Crippen molar-refractivity contribution in [1.82, 2.24) is 5.01 Å². The number of esters is 1. The number of aryl methyl sites for hydroxylation is 1. The minimum absolute atomic E-state index is 0.0496. The summed E-state index contributed by atoms with van der Waals surface area (Å²) < 4.78 is 21.7. The van der Waals surface area contributed by atoms with Crippen LogP contribution >= 0.6 is 0 Å². The third-order valence-corrected chi connectivity index (χ3v) is 4.40. The van der Waals surface area contributed by atoms with Gasteiger partial charge in [-0.3, -0.25) is 19.7 Å². The molecule has 1 heterocycles. The molecule has 0 spiro atoms. The van der Waals surface area contributed by atoms with Gasteiger partial charge < -0.3 is 18.9 Å². The molecule has 2 aromatic rings. The highest BCUT2D eigenvalue weighted by atomic mass is 16.6. The Bertz CT molecular complexity index is 1100. The SMILES string of the molecule is COc1cc(C2=NN(C(C)=O)[C@@H](COc3ccc(C)cc3[N+](=O)[O-])O2)ccc1OC(C)=O. The molecule has 11 nitrogen and oxygen atoms in total. The summed E-state index contributed by atoms with van der Waals surface area (Å²) in [5, 5.41) is 16.6. The van der Waals surface area contributed by atoms with E-state index < -0.39 is 23.0 Å². The molecule has 1 amide bonds. The number of nitro groups is 1. The van der Waals surface area contributed by atoms with E-state index in [0.717, 1.165) is 5.01 Å². The van der Waals surface area contributed by atoms with Gasteiger partial charge in [-0.1, -0.05) is 6.07 Å². The monoisotopic (exact) mass is 443 g/mol. The lowest BCUT2D eigenvalue weighted by Crippen LogP contribution is -2.36. The number of hydrazone groups is 1. The third-order valence-electron chi connectivity index (χ3n) is 4.40. The molecule has 0 N–H and O–H groups in total. The Kier molecular flexibility index (Phi) is 6.57. The van der Waals surface area contributed by atoms with Crippen LogP contribution in [0.5, 0.6) is 17.2 Å². The van der Waals surface area contributed by atoms with Crippen molar-refractivity contribution in [3.8, 4) is 17.2 Å². The zero-order valence-corrected chi connectivity index (χ0v) is 17.9. The van der Waals surface area contributed by atoms with Crippen molar-refractivity contribution in [2.75, 3.05) is 13.7 Å². The molecule has 0 saturated carbocycles. The van der Waals surface area contributed by atoms with Gasteiger partial charge in [0.1, 0.15) is 6.61 Å². The number of nitro benzene ring substituents is 1. The zero-order chi connectivity index (χ0) is 23.4. The van der Waals surface area contributed by atoms with Gasteiger partial charge >= 0.3 is 11.7 Å². The van der Waals surface area contributed by atoms with Crippen LogP contribution in [0.25, 0.3) is 0 Å². The van der Waals surface area contributed by atoms with Crippen molar-refractivity contribution in [2.24, 2.45) is 5.10 Å². The summed E-state index contributed by atoms with van der Waals surface area (Å²) in [5.41, 5.74) is 0.987. The van der Waals surface area contributed by atoms with Gasteiger partial charge in [-0.05, 0) is 36.8 Å². The first-order valence-corrected chi connectivity index (χ1v) is 9.49. The smallest absolute Gasteiger partial charge is 0.311 e. The van der Waals surface area contributed by atoms with Crippen LogP contribution in [0.4, 0.5) is 5.69 Å². The Labute approximate surface area is 183 Å². The predicted molar refractivity (Wildman–Crippen MR) is 112 cm³/mol. The zero-order valence-electron chi connectivity index (χ0n) is 17.9. The van der Waals surface area contributed by atoms with E-state index >= 15 is 0 Å². The number of ether oxygens (including phenoxy) is 4. The van der Waals surface area contributed by atoms with Crippen molar-refractivity contribution in [2.45, 2.75) is 27.0 Å². The second-order valence-corrected chi connectivity index (χ2v) is 6.84. The van der Waals surface area contributed by atoms with Crippen LogP contribution < -0.4 is 14.2 Å². The van der Waals surface area contributed by atoms with E-state index in [0.29, 0.717) is 11.1 Å². The van der Waals surface area contributed by atoms with Gasteiger partial charge in [-0.25, -0.2) is 0 Å². The van der Waals surface area contributed by atoms with Gasteiger partial charge in [-0.2, -0.15) is 5.01 Å². The Hall–Kier alpha value is -4.15. The summed E-state index contributed by atoms with van der Waals surface area (Å²) in [6.07, 6.45) is -0.942. The molecule has 11 heteroatoms. The molecule has 168 valence electrons. The largest absolute Gasteiger partial charge is 0.493 e. The standard InChI is InChI=1S/C21H21N3O8/c1-12-5-7-17(16(9-12)24(27)28)30-11-20-23(13(2)25)22-21(32-20)15-6-8-18(31-14(3)26)19(10-15)29-4/h5-10,20H,11H2,1-4H3/t20-/m1/s1. The maximum Gasteiger partial charge on any atom is 0.311 e. The van der Waals surface area contributed by atoms with E-state index in [2.05, 4.69) is 5.10 Å². The van der Waals surface area contributed by atoms with Crippen LogP contribution in [0.1, 0.15) is 25.0 Å². The average molecular weight is 443 g/mol. The topological polar surface area (TPSA) is 130 Å². The molecule has 3 rings (SSSR count). The molecule has 0 bridgehead atoms. The summed E-state index contributed by atoms with van der Waals surface area (Å²) in [7, 11) is 1.41. The number of rotatable bonds is 7. The first-order chi connectivity index (χ1) is 15.2. The Balaban J connectivity index is 1.80. The summed E-state index contributed by atoms with van der Waals surface area (Å²) in [4.78, 5) is 34.0. The Morgan fingerprint density at radius 1 is 1.16 bits per heavy atom. The number of methoxy groups -OCH3 is 1. The maximum atomic E-state index is 12.1.